The highest BCUT2D eigenvalue weighted by atomic mass is 32.2. The van der Waals surface area contributed by atoms with E-state index >= 15 is 0 Å². The van der Waals surface area contributed by atoms with Crippen molar-refractivity contribution in [1.82, 2.24) is 15.6 Å². The molecule has 1 heterocycles. The van der Waals surface area contributed by atoms with Gasteiger partial charge in [-0.25, -0.2) is 9.78 Å². The minimum atomic E-state index is -0.0838. The Balaban J connectivity index is 1.87. The summed E-state index contributed by atoms with van der Waals surface area (Å²) in [5, 5.41) is 6.63. The van der Waals surface area contributed by atoms with Gasteiger partial charge in [-0.15, -0.1) is 0 Å². The zero-order valence-electron chi connectivity index (χ0n) is 13.6. The van der Waals surface area contributed by atoms with Crippen molar-refractivity contribution in [2.24, 2.45) is 0 Å². The third-order valence-electron chi connectivity index (χ3n) is 4.05. The maximum Gasteiger partial charge on any atom is 0.315 e. The molecule has 1 aliphatic rings. The number of anilines is 1. The fourth-order valence-electron chi connectivity index (χ4n) is 2.91. The number of nitrogens with zero attached hydrogens (tertiary/aromatic N) is 2. The molecule has 0 bridgehead atoms. The summed E-state index contributed by atoms with van der Waals surface area (Å²) in [6.07, 6.45) is 8.64. The van der Waals surface area contributed by atoms with E-state index < -0.39 is 0 Å². The van der Waals surface area contributed by atoms with Crippen LogP contribution >= 0.6 is 11.8 Å². The van der Waals surface area contributed by atoms with Crippen molar-refractivity contribution in [2.75, 3.05) is 25.3 Å². The van der Waals surface area contributed by atoms with Crippen LogP contribution < -0.4 is 15.5 Å². The second kappa shape index (κ2) is 8.27. The summed E-state index contributed by atoms with van der Waals surface area (Å²) in [5.74, 6) is 0.891. The molecule has 2 atom stereocenters. The van der Waals surface area contributed by atoms with Crippen molar-refractivity contribution in [3.05, 3.63) is 23.9 Å². The summed E-state index contributed by atoms with van der Waals surface area (Å²) in [5.41, 5.74) is 1.02. The number of thioether (sulfide) groups is 1. The molecule has 0 aromatic carbocycles. The second-order valence-corrected chi connectivity index (χ2v) is 6.95. The Bertz CT molecular complexity index is 495. The molecule has 0 unspecified atom stereocenters. The van der Waals surface area contributed by atoms with Gasteiger partial charge in [0.2, 0.25) is 0 Å². The van der Waals surface area contributed by atoms with Gasteiger partial charge in [-0.3, -0.25) is 0 Å². The van der Waals surface area contributed by atoms with Crippen molar-refractivity contribution in [2.45, 2.75) is 43.5 Å². The summed E-state index contributed by atoms with van der Waals surface area (Å²) >= 11 is 1.86. The van der Waals surface area contributed by atoms with Gasteiger partial charge < -0.3 is 15.5 Å². The minimum absolute atomic E-state index is 0.0838. The quantitative estimate of drug-likeness (QED) is 0.875. The monoisotopic (exact) mass is 322 g/mol. The average Bonchev–Trinajstić information content (AvgIpc) is 2.53. The van der Waals surface area contributed by atoms with Crippen molar-refractivity contribution in [3.63, 3.8) is 0 Å². The highest BCUT2D eigenvalue weighted by molar-refractivity contribution is 7.99. The van der Waals surface area contributed by atoms with E-state index in [-0.39, 0.29) is 12.1 Å². The van der Waals surface area contributed by atoms with E-state index in [4.69, 9.17) is 0 Å². The van der Waals surface area contributed by atoms with Gasteiger partial charge in [0.05, 0.1) is 0 Å². The van der Waals surface area contributed by atoms with E-state index in [1.54, 1.807) is 6.20 Å². The lowest BCUT2D eigenvalue weighted by atomic mass is 9.95. The number of nitrogens with one attached hydrogen (secondary N) is 2. The lowest BCUT2D eigenvalue weighted by molar-refractivity contribution is 0.233. The Morgan fingerprint density at radius 1 is 1.41 bits per heavy atom. The predicted molar refractivity (Wildman–Crippen MR) is 93.5 cm³/mol. The normalized spacial score (nSPS) is 21.2. The zero-order chi connectivity index (χ0) is 15.9. The molecule has 0 aliphatic heterocycles. The van der Waals surface area contributed by atoms with Gasteiger partial charge in [0.25, 0.3) is 0 Å². The molecular formula is C16H26N4OS. The summed E-state index contributed by atoms with van der Waals surface area (Å²) in [7, 11) is 3.91. The molecule has 1 aromatic rings. The fraction of sp³-hybridized carbons (Fsp3) is 0.625. The largest absolute Gasteiger partial charge is 0.362 e. The van der Waals surface area contributed by atoms with Crippen LogP contribution in [0.15, 0.2) is 18.3 Å². The van der Waals surface area contributed by atoms with Crippen LogP contribution in [0.5, 0.6) is 0 Å². The van der Waals surface area contributed by atoms with E-state index in [1.165, 1.54) is 19.3 Å². The molecule has 122 valence electrons. The third-order valence-corrected chi connectivity index (χ3v) is 5.22. The topological polar surface area (TPSA) is 57.3 Å². The van der Waals surface area contributed by atoms with Crippen LogP contribution in [0.1, 0.15) is 31.2 Å². The number of amides is 2. The molecule has 2 N–H and O–H groups in total. The van der Waals surface area contributed by atoms with Crippen LogP contribution in [-0.2, 0) is 6.54 Å². The minimum Gasteiger partial charge on any atom is -0.362 e. The first-order valence-electron chi connectivity index (χ1n) is 7.80. The van der Waals surface area contributed by atoms with Crippen molar-refractivity contribution in [1.29, 1.82) is 0 Å². The summed E-state index contributed by atoms with van der Waals surface area (Å²) in [6.45, 7) is 0.490. The van der Waals surface area contributed by atoms with E-state index in [1.807, 2.05) is 42.9 Å². The van der Waals surface area contributed by atoms with Crippen LogP contribution in [0.25, 0.3) is 0 Å². The number of aromatic nitrogens is 1. The third kappa shape index (κ3) is 4.53. The number of pyridine rings is 1. The van der Waals surface area contributed by atoms with E-state index in [0.29, 0.717) is 11.8 Å². The molecule has 1 fully saturated rings. The zero-order valence-corrected chi connectivity index (χ0v) is 14.4. The van der Waals surface area contributed by atoms with Crippen LogP contribution in [0.3, 0.4) is 0 Å². The lowest BCUT2D eigenvalue weighted by Crippen LogP contribution is -2.47. The maximum absolute atomic E-state index is 12.2. The number of hydrogen-bond acceptors (Lipinski definition) is 4. The standard InChI is InChI=1S/C16H26N4OS/c1-20(2)15-12(7-6-10-17-15)11-18-16(21)19-13-8-4-5-9-14(13)22-3/h6-7,10,13-14H,4-5,8-9,11H2,1-3H3,(H2,18,19,21)/t13-,14-/m0/s1. The van der Waals surface area contributed by atoms with Gasteiger partial charge in [0.1, 0.15) is 5.82 Å². The molecule has 5 nitrogen and oxygen atoms in total. The number of rotatable bonds is 5. The molecular weight excluding hydrogens is 296 g/mol. The maximum atomic E-state index is 12.2. The highest BCUT2D eigenvalue weighted by Gasteiger charge is 2.25. The highest BCUT2D eigenvalue weighted by Crippen LogP contribution is 2.27. The molecule has 1 saturated carbocycles. The Morgan fingerprint density at radius 3 is 2.91 bits per heavy atom. The Hall–Kier alpha value is -1.43. The average molecular weight is 322 g/mol. The first-order chi connectivity index (χ1) is 10.6. The Labute approximate surface area is 137 Å². The van der Waals surface area contributed by atoms with Crippen molar-refractivity contribution in [3.8, 4) is 0 Å². The summed E-state index contributed by atoms with van der Waals surface area (Å²) in [6, 6.07) is 4.09. The Morgan fingerprint density at radius 2 is 2.18 bits per heavy atom. The molecule has 1 aromatic heterocycles. The molecule has 2 amide bonds. The predicted octanol–water partition coefficient (Wildman–Crippen LogP) is 2.62. The molecule has 1 aliphatic carbocycles. The van der Waals surface area contributed by atoms with Gasteiger partial charge >= 0.3 is 6.03 Å². The van der Waals surface area contributed by atoms with Gasteiger partial charge in [-0.2, -0.15) is 11.8 Å². The first-order valence-corrected chi connectivity index (χ1v) is 9.09. The molecule has 0 saturated heterocycles. The molecule has 2 rings (SSSR count). The van der Waals surface area contributed by atoms with Gasteiger partial charge in [-0.05, 0) is 25.2 Å². The number of hydrogen-bond donors (Lipinski definition) is 2. The van der Waals surface area contributed by atoms with E-state index in [0.717, 1.165) is 17.8 Å². The molecule has 22 heavy (non-hydrogen) atoms. The van der Waals surface area contributed by atoms with Gasteiger partial charge in [0, 0.05) is 43.7 Å². The second-order valence-electron chi connectivity index (χ2n) is 5.87. The Kier molecular flexibility index (Phi) is 6.36. The van der Waals surface area contributed by atoms with Crippen LogP contribution in [0.2, 0.25) is 0 Å². The molecule has 6 heteroatoms. The summed E-state index contributed by atoms with van der Waals surface area (Å²) in [4.78, 5) is 18.5. The first kappa shape index (κ1) is 16.9. The number of urea groups is 1. The molecule has 0 spiro atoms. The van der Waals surface area contributed by atoms with Crippen molar-refractivity contribution < 1.29 is 4.79 Å². The van der Waals surface area contributed by atoms with Crippen molar-refractivity contribution >= 4 is 23.6 Å². The number of carbonyl (C=O) groups is 1. The van der Waals surface area contributed by atoms with Crippen LogP contribution in [0, 0.1) is 0 Å². The summed E-state index contributed by atoms with van der Waals surface area (Å²) < 4.78 is 0. The lowest BCUT2D eigenvalue weighted by Gasteiger charge is -2.31. The van der Waals surface area contributed by atoms with Crippen LogP contribution in [0.4, 0.5) is 10.6 Å². The van der Waals surface area contributed by atoms with Crippen LogP contribution in [-0.4, -0.2) is 42.7 Å². The number of carbonyl (C=O) groups excluding carboxylic acids is 1. The molecule has 0 radical (unpaired) electrons. The van der Waals surface area contributed by atoms with Gasteiger partial charge in [-0.1, -0.05) is 18.9 Å². The van der Waals surface area contributed by atoms with Gasteiger partial charge in [0.15, 0.2) is 0 Å². The fourth-order valence-corrected chi connectivity index (χ4v) is 3.84. The van der Waals surface area contributed by atoms with E-state index in [2.05, 4.69) is 21.9 Å². The smallest absolute Gasteiger partial charge is 0.315 e. The van der Waals surface area contributed by atoms with E-state index in [9.17, 15) is 4.79 Å². The SMILES string of the molecule is CS[C@H]1CCCC[C@@H]1NC(=O)NCc1cccnc1N(C)C.